The van der Waals surface area contributed by atoms with Crippen LogP contribution in [0.1, 0.15) is 20.3 Å². The van der Waals surface area contributed by atoms with E-state index >= 15 is 0 Å². The monoisotopic (exact) mass is 148 g/mol. The molecule has 0 aromatic heterocycles. The zero-order valence-electron chi connectivity index (χ0n) is 6.34. The second kappa shape index (κ2) is 3.30. The summed E-state index contributed by atoms with van der Waals surface area (Å²) >= 11 is 0. The Bertz CT molecular complexity index is 97.8. The molecule has 0 spiro atoms. The molecule has 2 unspecified atom stereocenters. The molecule has 0 bridgehead atoms. The van der Waals surface area contributed by atoms with E-state index in [4.69, 9.17) is 9.47 Å². The maximum Gasteiger partial charge on any atom is 0.186 e. The van der Waals surface area contributed by atoms with E-state index in [0.29, 0.717) is 0 Å². The summed E-state index contributed by atoms with van der Waals surface area (Å²) in [6.07, 6.45) is 0.490. The summed E-state index contributed by atoms with van der Waals surface area (Å²) in [4.78, 5) is 0. The summed E-state index contributed by atoms with van der Waals surface area (Å²) < 4.78 is 22.2. The highest BCUT2D eigenvalue weighted by Gasteiger charge is 2.24. The van der Waals surface area contributed by atoms with E-state index in [9.17, 15) is 4.39 Å². The van der Waals surface area contributed by atoms with Gasteiger partial charge in [0.05, 0.1) is 12.2 Å². The fourth-order valence-corrected chi connectivity index (χ4v) is 1.20. The first kappa shape index (κ1) is 7.95. The highest BCUT2D eigenvalue weighted by atomic mass is 19.1. The van der Waals surface area contributed by atoms with Crippen molar-refractivity contribution in [1.29, 1.82) is 0 Å². The zero-order valence-corrected chi connectivity index (χ0v) is 6.34. The summed E-state index contributed by atoms with van der Waals surface area (Å²) in [6.45, 7) is 3.32. The lowest BCUT2D eigenvalue weighted by Crippen LogP contribution is -2.36. The molecular formula is C7H13FO2. The minimum absolute atomic E-state index is 0.129. The van der Waals surface area contributed by atoms with Crippen LogP contribution in [0.25, 0.3) is 0 Å². The molecule has 1 aliphatic rings. The van der Waals surface area contributed by atoms with Gasteiger partial charge in [0.1, 0.15) is 6.67 Å². The molecule has 60 valence electrons. The van der Waals surface area contributed by atoms with Crippen molar-refractivity contribution in [1.82, 2.24) is 0 Å². The van der Waals surface area contributed by atoms with Gasteiger partial charge in [0, 0.05) is 0 Å². The average Bonchev–Trinajstić information content (AvgIpc) is 1.85. The van der Waals surface area contributed by atoms with E-state index in [1.165, 1.54) is 0 Å². The molecule has 3 heteroatoms. The minimum atomic E-state index is -0.626. The van der Waals surface area contributed by atoms with Crippen LogP contribution in [0.3, 0.4) is 0 Å². The molecule has 1 fully saturated rings. The van der Waals surface area contributed by atoms with Crippen LogP contribution < -0.4 is 0 Å². The Kier molecular flexibility index (Phi) is 2.63. The number of hydrogen-bond donors (Lipinski definition) is 0. The van der Waals surface area contributed by atoms with Crippen molar-refractivity contribution < 1.29 is 13.9 Å². The van der Waals surface area contributed by atoms with Crippen molar-refractivity contribution in [2.75, 3.05) is 6.67 Å². The Balaban J connectivity index is 2.35. The molecule has 1 rings (SSSR count). The molecule has 0 aromatic rings. The van der Waals surface area contributed by atoms with Crippen LogP contribution in [-0.4, -0.2) is 25.2 Å². The van der Waals surface area contributed by atoms with Crippen LogP contribution in [0.4, 0.5) is 4.39 Å². The maximum atomic E-state index is 12.0. The lowest BCUT2D eigenvalue weighted by molar-refractivity contribution is -0.238. The molecule has 0 aromatic carbocycles. The predicted octanol–water partition coefficient (Wildman–Crippen LogP) is 1.50. The Labute approximate surface area is 60.3 Å². The summed E-state index contributed by atoms with van der Waals surface area (Å²) in [5.41, 5.74) is 0. The first-order valence-electron chi connectivity index (χ1n) is 3.59. The van der Waals surface area contributed by atoms with E-state index < -0.39 is 13.0 Å². The second-order valence-corrected chi connectivity index (χ2v) is 2.71. The molecule has 2 atom stereocenters. The predicted molar refractivity (Wildman–Crippen MR) is 35.5 cm³/mol. The van der Waals surface area contributed by atoms with Gasteiger partial charge in [-0.3, -0.25) is 0 Å². The molecule has 10 heavy (non-hydrogen) atoms. The lowest BCUT2D eigenvalue weighted by Gasteiger charge is -2.30. The fraction of sp³-hybridized carbons (Fsp3) is 1.00. The van der Waals surface area contributed by atoms with Crippen LogP contribution in [0, 0.1) is 0 Å². The Morgan fingerprint density at radius 2 is 1.80 bits per heavy atom. The molecule has 0 N–H and O–H groups in total. The highest BCUT2D eigenvalue weighted by molar-refractivity contribution is 4.64. The third-order valence-corrected chi connectivity index (χ3v) is 1.56. The van der Waals surface area contributed by atoms with Gasteiger partial charge in [0.25, 0.3) is 0 Å². The van der Waals surface area contributed by atoms with Gasteiger partial charge in [0.15, 0.2) is 6.29 Å². The first-order chi connectivity index (χ1) is 4.72. The SMILES string of the molecule is CC1CC(C)OC(CF)O1. The zero-order chi connectivity index (χ0) is 7.56. The van der Waals surface area contributed by atoms with E-state index in [1.807, 2.05) is 13.8 Å². The molecule has 0 aliphatic carbocycles. The standard InChI is InChI=1S/C7H13FO2/c1-5-3-6(2)10-7(4-8)9-5/h5-7H,3-4H2,1-2H3. The third kappa shape index (κ3) is 1.92. The average molecular weight is 148 g/mol. The molecule has 0 saturated carbocycles. The summed E-state index contributed by atoms with van der Waals surface area (Å²) in [5, 5.41) is 0. The summed E-state index contributed by atoms with van der Waals surface area (Å²) in [5.74, 6) is 0. The van der Waals surface area contributed by atoms with Gasteiger partial charge in [-0.25, -0.2) is 4.39 Å². The van der Waals surface area contributed by atoms with E-state index in [-0.39, 0.29) is 12.2 Å². The van der Waals surface area contributed by atoms with Crippen molar-refractivity contribution in [3.63, 3.8) is 0 Å². The number of halogens is 1. The quantitative estimate of drug-likeness (QED) is 0.561. The van der Waals surface area contributed by atoms with Gasteiger partial charge in [-0.1, -0.05) is 0 Å². The van der Waals surface area contributed by atoms with Crippen LogP contribution in [0.5, 0.6) is 0 Å². The Hall–Kier alpha value is -0.150. The normalized spacial score (nSPS) is 41.7. The number of ether oxygens (including phenoxy) is 2. The fourth-order valence-electron chi connectivity index (χ4n) is 1.20. The summed E-state index contributed by atoms with van der Waals surface area (Å²) in [7, 11) is 0. The summed E-state index contributed by atoms with van der Waals surface area (Å²) in [6, 6.07) is 0. The van der Waals surface area contributed by atoms with E-state index in [0.717, 1.165) is 6.42 Å². The van der Waals surface area contributed by atoms with Crippen molar-refractivity contribution in [3.8, 4) is 0 Å². The molecule has 1 aliphatic heterocycles. The molecular weight excluding hydrogens is 135 g/mol. The minimum Gasteiger partial charge on any atom is -0.347 e. The van der Waals surface area contributed by atoms with E-state index in [2.05, 4.69) is 0 Å². The van der Waals surface area contributed by atoms with E-state index in [1.54, 1.807) is 0 Å². The van der Waals surface area contributed by atoms with Gasteiger partial charge in [-0.15, -0.1) is 0 Å². The molecule has 0 amide bonds. The van der Waals surface area contributed by atoms with Crippen molar-refractivity contribution >= 4 is 0 Å². The van der Waals surface area contributed by atoms with Gasteiger partial charge < -0.3 is 9.47 Å². The smallest absolute Gasteiger partial charge is 0.186 e. The first-order valence-corrected chi connectivity index (χ1v) is 3.59. The van der Waals surface area contributed by atoms with Crippen molar-refractivity contribution in [2.24, 2.45) is 0 Å². The van der Waals surface area contributed by atoms with Gasteiger partial charge in [0.2, 0.25) is 0 Å². The largest absolute Gasteiger partial charge is 0.347 e. The molecule has 2 nitrogen and oxygen atoms in total. The van der Waals surface area contributed by atoms with Gasteiger partial charge >= 0.3 is 0 Å². The van der Waals surface area contributed by atoms with Gasteiger partial charge in [-0.05, 0) is 20.3 Å². The third-order valence-electron chi connectivity index (χ3n) is 1.56. The van der Waals surface area contributed by atoms with Crippen molar-refractivity contribution in [3.05, 3.63) is 0 Å². The van der Waals surface area contributed by atoms with Crippen LogP contribution in [0.2, 0.25) is 0 Å². The molecule has 1 heterocycles. The molecule has 0 radical (unpaired) electrons. The Morgan fingerprint density at radius 1 is 1.30 bits per heavy atom. The number of rotatable bonds is 1. The van der Waals surface area contributed by atoms with Crippen LogP contribution in [0.15, 0.2) is 0 Å². The number of alkyl halides is 1. The second-order valence-electron chi connectivity index (χ2n) is 2.71. The topological polar surface area (TPSA) is 18.5 Å². The highest BCUT2D eigenvalue weighted by Crippen LogP contribution is 2.17. The lowest BCUT2D eigenvalue weighted by atomic mass is 10.2. The Morgan fingerprint density at radius 3 is 2.20 bits per heavy atom. The van der Waals surface area contributed by atoms with Crippen LogP contribution >= 0.6 is 0 Å². The van der Waals surface area contributed by atoms with Crippen LogP contribution in [-0.2, 0) is 9.47 Å². The number of hydrogen-bond acceptors (Lipinski definition) is 2. The van der Waals surface area contributed by atoms with Gasteiger partial charge in [-0.2, -0.15) is 0 Å². The van der Waals surface area contributed by atoms with Crippen molar-refractivity contribution in [2.45, 2.75) is 38.8 Å². The molecule has 1 saturated heterocycles. The maximum absolute atomic E-state index is 12.0.